The van der Waals surface area contributed by atoms with E-state index in [4.69, 9.17) is 0 Å². The molecule has 0 aliphatic heterocycles. The summed E-state index contributed by atoms with van der Waals surface area (Å²) in [5, 5.41) is 19.6. The number of fused-ring (bicyclic) bond motifs is 1. The number of Topliss-reactive ketones (excluding diaryl/α,β-unsaturated/α-hetero) is 2. The van der Waals surface area contributed by atoms with Crippen LogP contribution in [0.15, 0.2) is 48.5 Å². The third-order valence-electron chi connectivity index (χ3n) is 4.40. The van der Waals surface area contributed by atoms with E-state index in [0.717, 1.165) is 5.69 Å². The number of ketones is 2. The fraction of sp³-hybridized carbons (Fsp3) is 0.150. The molecule has 0 saturated heterocycles. The minimum absolute atomic E-state index is 0. The van der Waals surface area contributed by atoms with Gasteiger partial charge in [0.05, 0.1) is 23.7 Å². The van der Waals surface area contributed by atoms with Crippen LogP contribution in [-0.4, -0.2) is 25.7 Å². The van der Waals surface area contributed by atoms with Crippen molar-refractivity contribution in [3.63, 3.8) is 0 Å². The van der Waals surface area contributed by atoms with Gasteiger partial charge in [0.25, 0.3) is 0 Å². The van der Waals surface area contributed by atoms with Gasteiger partial charge in [0.15, 0.2) is 5.41 Å². The number of hydrogen-bond donors (Lipinski definition) is 0. The van der Waals surface area contributed by atoms with Crippen LogP contribution in [0.5, 0.6) is 0 Å². The van der Waals surface area contributed by atoms with Crippen LogP contribution in [0.2, 0.25) is 0 Å². The summed E-state index contributed by atoms with van der Waals surface area (Å²) in [4.78, 5) is 27.4. The van der Waals surface area contributed by atoms with E-state index in [1.807, 2.05) is 31.1 Å². The number of nitrogens with zero attached hydrogens (tertiary/aromatic N) is 3. The van der Waals surface area contributed by atoms with Crippen molar-refractivity contribution in [1.29, 1.82) is 10.5 Å². The molecule has 0 saturated carbocycles. The molecule has 3 rings (SSSR count). The Morgan fingerprint density at radius 1 is 0.885 bits per heavy atom. The Hall–Kier alpha value is -1.93. The summed E-state index contributed by atoms with van der Waals surface area (Å²) in [6.45, 7) is 0. The molecule has 2 aromatic carbocycles. The summed E-state index contributed by atoms with van der Waals surface area (Å²) < 4.78 is 0. The Morgan fingerprint density at radius 2 is 1.35 bits per heavy atom. The molecule has 5 nitrogen and oxygen atoms in total. The molecular weight excluding hydrogens is 353 g/mol. The van der Waals surface area contributed by atoms with E-state index in [2.05, 4.69) is 0 Å². The second-order valence-electron chi connectivity index (χ2n) is 5.99. The molecule has 0 unspecified atom stereocenters. The van der Waals surface area contributed by atoms with Crippen molar-refractivity contribution in [1.82, 2.24) is 0 Å². The van der Waals surface area contributed by atoms with E-state index in [0.29, 0.717) is 5.56 Å². The van der Waals surface area contributed by atoms with Crippen LogP contribution >= 0.6 is 0 Å². The average molecular weight is 367 g/mol. The van der Waals surface area contributed by atoms with Crippen molar-refractivity contribution >= 4 is 17.3 Å². The molecule has 122 valence electrons. The molecule has 0 amide bonds. The second-order valence-corrected chi connectivity index (χ2v) is 5.99. The SMILES string of the molecule is CN(C)c1ccc(C(C#N)(C#N)[C-]2C(=O)c3ccccc3C2=O)cc1.[K+]. The zero-order valence-electron chi connectivity index (χ0n) is 14.8. The smallest absolute Gasteiger partial charge is 0.378 e. The normalized spacial score (nSPS) is 12.7. The standard InChI is InChI=1S/C20H14N3O2.K/c1-23(2)14-9-7-13(8-10-14)20(11-21,12-22)17-18(24)15-5-3-4-6-16(15)19(17)25;/h3-10H,1-2H3;/q-1;+1. The Bertz CT molecular complexity index is 903. The predicted molar refractivity (Wildman–Crippen MR) is 92.0 cm³/mol. The van der Waals surface area contributed by atoms with Crippen LogP contribution < -0.4 is 56.3 Å². The maximum Gasteiger partial charge on any atom is 1.00 e. The first kappa shape index (κ1) is 20.4. The predicted octanol–water partition coefficient (Wildman–Crippen LogP) is -0.305. The third-order valence-corrected chi connectivity index (χ3v) is 4.40. The van der Waals surface area contributed by atoms with Crippen molar-refractivity contribution in [2.45, 2.75) is 5.41 Å². The number of anilines is 1. The Kier molecular flexibility index (Phi) is 6.08. The fourth-order valence-electron chi connectivity index (χ4n) is 3.01. The molecule has 0 heterocycles. The number of carbonyl (C=O) groups is 2. The molecule has 26 heavy (non-hydrogen) atoms. The zero-order chi connectivity index (χ0) is 18.2. The Morgan fingerprint density at radius 3 is 1.73 bits per heavy atom. The van der Waals surface area contributed by atoms with Gasteiger partial charge in [-0.15, -0.1) is 23.3 Å². The topological polar surface area (TPSA) is 85.0 Å². The summed E-state index contributed by atoms with van der Waals surface area (Å²) in [6.07, 6.45) is 0. The van der Waals surface area contributed by atoms with Gasteiger partial charge in [0.1, 0.15) is 0 Å². The summed E-state index contributed by atoms with van der Waals surface area (Å²) >= 11 is 0. The molecule has 0 fully saturated rings. The number of carbonyl (C=O) groups excluding carboxylic acids is 2. The molecule has 6 heteroatoms. The van der Waals surface area contributed by atoms with Gasteiger partial charge < -0.3 is 14.5 Å². The summed E-state index contributed by atoms with van der Waals surface area (Å²) in [5.41, 5.74) is -0.263. The fourth-order valence-corrected chi connectivity index (χ4v) is 3.01. The van der Waals surface area contributed by atoms with Crippen molar-refractivity contribution in [3.05, 3.63) is 71.1 Å². The molecule has 0 atom stereocenters. The molecule has 0 aromatic heterocycles. The van der Waals surface area contributed by atoms with Gasteiger partial charge in [-0.1, -0.05) is 24.3 Å². The van der Waals surface area contributed by atoms with Gasteiger partial charge in [-0.3, -0.25) is 0 Å². The quantitative estimate of drug-likeness (QED) is 0.549. The zero-order valence-corrected chi connectivity index (χ0v) is 17.9. The molecule has 1 aliphatic rings. The number of rotatable bonds is 3. The first-order valence-corrected chi connectivity index (χ1v) is 7.62. The van der Waals surface area contributed by atoms with Gasteiger partial charge in [0.2, 0.25) is 0 Å². The monoisotopic (exact) mass is 367 g/mol. The van der Waals surface area contributed by atoms with Crippen LogP contribution in [0.1, 0.15) is 26.3 Å². The van der Waals surface area contributed by atoms with E-state index in [-0.39, 0.29) is 68.4 Å². The largest absolute Gasteiger partial charge is 1.00 e. The van der Waals surface area contributed by atoms with E-state index >= 15 is 0 Å². The van der Waals surface area contributed by atoms with Gasteiger partial charge in [-0.05, 0) is 23.6 Å². The van der Waals surface area contributed by atoms with Gasteiger partial charge in [-0.25, -0.2) is 0 Å². The Balaban J connectivity index is 0.00000243. The first-order valence-electron chi connectivity index (χ1n) is 7.62. The molecule has 0 N–H and O–H groups in total. The number of hydrogen-bond acceptors (Lipinski definition) is 5. The maximum atomic E-state index is 12.8. The molecule has 0 spiro atoms. The summed E-state index contributed by atoms with van der Waals surface area (Å²) in [7, 11) is 3.73. The molecule has 0 bridgehead atoms. The van der Waals surface area contributed by atoms with E-state index in [9.17, 15) is 20.1 Å². The number of benzene rings is 2. The van der Waals surface area contributed by atoms with Crippen LogP contribution in [0, 0.1) is 28.6 Å². The van der Waals surface area contributed by atoms with E-state index < -0.39 is 17.0 Å². The van der Waals surface area contributed by atoms with E-state index in [1.54, 1.807) is 36.4 Å². The first-order chi connectivity index (χ1) is 12.0. The van der Waals surface area contributed by atoms with Crippen molar-refractivity contribution < 1.29 is 61.0 Å². The molecule has 0 radical (unpaired) electrons. The minimum Gasteiger partial charge on any atom is -0.378 e. The molecule has 2 aromatic rings. The van der Waals surface area contributed by atoms with Crippen LogP contribution in [0.3, 0.4) is 0 Å². The molecular formula is C20H14KN3O2. The van der Waals surface area contributed by atoms with Gasteiger partial charge in [0, 0.05) is 19.8 Å². The van der Waals surface area contributed by atoms with Crippen LogP contribution in [-0.2, 0) is 5.41 Å². The second kappa shape index (κ2) is 7.75. The third kappa shape index (κ3) is 3.01. The summed E-state index contributed by atoms with van der Waals surface area (Å²) in [5.74, 6) is -1.41. The van der Waals surface area contributed by atoms with E-state index in [1.165, 1.54) is 12.1 Å². The van der Waals surface area contributed by atoms with Gasteiger partial charge in [-0.2, -0.15) is 10.5 Å². The van der Waals surface area contributed by atoms with Crippen LogP contribution in [0.25, 0.3) is 0 Å². The minimum atomic E-state index is -1.93. The average Bonchev–Trinajstić information content (AvgIpc) is 2.90. The van der Waals surface area contributed by atoms with Crippen LogP contribution in [0.4, 0.5) is 5.69 Å². The molecule has 1 aliphatic carbocycles. The summed E-state index contributed by atoms with van der Waals surface area (Å²) in [6, 6.07) is 16.9. The van der Waals surface area contributed by atoms with Gasteiger partial charge >= 0.3 is 51.4 Å². The number of nitriles is 2. The van der Waals surface area contributed by atoms with Crippen molar-refractivity contribution in [2.75, 3.05) is 19.0 Å². The Labute approximate surface area is 194 Å². The van der Waals surface area contributed by atoms with Crippen molar-refractivity contribution in [2.24, 2.45) is 0 Å². The van der Waals surface area contributed by atoms with Crippen molar-refractivity contribution in [3.8, 4) is 12.1 Å². The maximum absolute atomic E-state index is 12.8.